The van der Waals surface area contributed by atoms with Crippen molar-refractivity contribution in [1.82, 2.24) is 24.7 Å². The highest BCUT2D eigenvalue weighted by Crippen LogP contribution is 2.23. The fraction of sp³-hybridized carbons (Fsp3) is 0.312. The summed E-state index contributed by atoms with van der Waals surface area (Å²) in [5, 5.41) is 7.37. The summed E-state index contributed by atoms with van der Waals surface area (Å²) in [6.45, 7) is 5.60. The first kappa shape index (κ1) is 16.4. The molecule has 0 radical (unpaired) electrons. The fourth-order valence-corrected chi connectivity index (χ4v) is 3.20. The SMILES string of the molecule is CC(C)(C)C(=O)CSc1nc2ccccc2c(=O)n1-c1ncn[nH]1. The molecule has 7 nitrogen and oxygen atoms in total. The van der Waals surface area contributed by atoms with Gasteiger partial charge in [0.2, 0.25) is 5.95 Å². The first-order valence-electron chi connectivity index (χ1n) is 7.41. The van der Waals surface area contributed by atoms with Crippen LogP contribution in [0, 0.1) is 5.41 Å². The molecule has 0 spiro atoms. The van der Waals surface area contributed by atoms with Gasteiger partial charge in [-0.2, -0.15) is 10.1 Å². The number of carbonyl (C=O) groups excluding carboxylic acids is 1. The number of benzene rings is 1. The second-order valence-corrected chi connectivity index (χ2v) is 7.27. The number of hydrogen-bond donors (Lipinski definition) is 1. The molecule has 8 heteroatoms. The van der Waals surface area contributed by atoms with Crippen LogP contribution in [0.15, 0.2) is 40.5 Å². The Labute approximate surface area is 142 Å². The molecule has 0 aliphatic rings. The van der Waals surface area contributed by atoms with Crippen LogP contribution in [0.2, 0.25) is 0 Å². The highest BCUT2D eigenvalue weighted by atomic mass is 32.2. The van der Waals surface area contributed by atoms with Crippen LogP contribution < -0.4 is 5.56 Å². The molecule has 1 N–H and O–H groups in total. The Morgan fingerprint density at radius 3 is 2.71 bits per heavy atom. The van der Waals surface area contributed by atoms with Gasteiger partial charge in [0, 0.05) is 5.41 Å². The zero-order valence-electron chi connectivity index (χ0n) is 13.6. The number of ketones is 1. The lowest BCUT2D eigenvalue weighted by Crippen LogP contribution is -2.25. The van der Waals surface area contributed by atoms with E-state index >= 15 is 0 Å². The molecule has 3 rings (SSSR count). The zero-order valence-corrected chi connectivity index (χ0v) is 14.4. The predicted octanol–water partition coefficient (Wildman–Crippen LogP) is 2.21. The molecule has 0 saturated heterocycles. The van der Waals surface area contributed by atoms with E-state index in [1.807, 2.05) is 26.8 Å². The number of hydrogen-bond acceptors (Lipinski definition) is 6. The van der Waals surface area contributed by atoms with Gasteiger partial charge in [-0.15, -0.1) is 0 Å². The predicted molar refractivity (Wildman–Crippen MR) is 92.5 cm³/mol. The summed E-state index contributed by atoms with van der Waals surface area (Å²) < 4.78 is 1.36. The van der Waals surface area contributed by atoms with Crippen LogP contribution in [0.1, 0.15) is 20.8 Å². The minimum atomic E-state index is -0.443. The van der Waals surface area contributed by atoms with Crippen molar-refractivity contribution >= 4 is 28.4 Å². The van der Waals surface area contributed by atoms with E-state index in [1.54, 1.807) is 18.2 Å². The Hall–Kier alpha value is -2.48. The minimum absolute atomic E-state index is 0.0824. The monoisotopic (exact) mass is 343 g/mol. The second-order valence-electron chi connectivity index (χ2n) is 6.32. The van der Waals surface area contributed by atoms with E-state index in [0.29, 0.717) is 16.1 Å². The van der Waals surface area contributed by atoms with E-state index in [2.05, 4.69) is 20.2 Å². The number of fused-ring (bicyclic) bond motifs is 1. The van der Waals surface area contributed by atoms with Crippen LogP contribution in [0.25, 0.3) is 16.9 Å². The molecule has 0 amide bonds. The number of aromatic amines is 1. The van der Waals surface area contributed by atoms with Crippen LogP contribution in [0.5, 0.6) is 0 Å². The Bertz CT molecular complexity index is 941. The standard InChI is InChI=1S/C16H17N5O2S/c1-16(2,3)12(22)8-24-15-19-11-7-5-4-6-10(11)13(23)21(15)14-17-9-18-20-14/h4-7,9H,8H2,1-3H3,(H,17,18,20). The zero-order chi connectivity index (χ0) is 17.3. The van der Waals surface area contributed by atoms with Crippen molar-refractivity contribution < 1.29 is 4.79 Å². The number of H-pyrrole nitrogens is 1. The van der Waals surface area contributed by atoms with Crippen LogP contribution in [0.3, 0.4) is 0 Å². The number of Topliss-reactive ketones (excluding diaryl/α,β-unsaturated/α-hetero) is 1. The normalized spacial score (nSPS) is 11.8. The number of rotatable bonds is 4. The van der Waals surface area contributed by atoms with Gasteiger partial charge in [0.25, 0.3) is 5.56 Å². The maximum Gasteiger partial charge on any atom is 0.269 e. The Morgan fingerprint density at radius 1 is 1.29 bits per heavy atom. The van der Waals surface area contributed by atoms with Crippen LogP contribution in [-0.2, 0) is 4.79 Å². The molecule has 0 saturated carbocycles. The van der Waals surface area contributed by atoms with Crippen molar-refractivity contribution in [3.05, 3.63) is 40.9 Å². The summed E-state index contributed by atoms with van der Waals surface area (Å²) in [6.07, 6.45) is 1.33. The van der Waals surface area contributed by atoms with Crippen molar-refractivity contribution in [3.63, 3.8) is 0 Å². The second kappa shape index (κ2) is 6.20. The first-order valence-corrected chi connectivity index (χ1v) is 8.40. The van der Waals surface area contributed by atoms with Gasteiger partial charge in [-0.25, -0.2) is 14.6 Å². The summed E-state index contributed by atoms with van der Waals surface area (Å²) in [4.78, 5) is 33.6. The quantitative estimate of drug-likeness (QED) is 0.577. The van der Waals surface area contributed by atoms with Crippen molar-refractivity contribution in [2.75, 3.05) is 5.75 Å². The lowest BCUT2D eigenvalue weighted by atomic mass is 9.92. The maximum absolute atomic E-state index is 12.8. The van der Waals surface area contributed by atoms with Crippen molar-refractivity contribution in [2.45, 2.75) is 25.9 Å². The molecule has 0 aliphatic heterocycles. The molecule has 124 valence electrons. The summed E-state index contributed by atoms with van der Waals surface area (Å²) in [6, 6.07) is 7.10. The minimum Gasteiger partial charge on any atom is -0.298 e. The molecule has 0 atom stereocenters. The van der Waals surface area contributed by atoms with Crippen molar-refractivity contribution in [2.24, 2.45) is 5.41 Å². The molecule has 2 aromatic heterocycles. The number of aromatic nitrogens is 5. The molecular formula is C16H17N5O2S. The van der Waals surface area contributed by atoms with E-state index in [1.165, 1.54) is 22.7 Å². The lowest BCUT2D eigenvalue weighted by Gasteiger charge is -2.16. The highest BCUT2D eigenvalue weighted by Gasteiger charge is 2.23. The third-order valence-electron chi connectivity index (χ3n) is 3.53. The summed E-state index contributed by atoms with van der Waals surface area (Å²) in [7, 11) is 0. The summed E-state index contributed by atoms with van der Waals surface area (Å²) in [5.74, 6) is 0.588. The number of para-hydroxylation sites is 1. The molecule has 0 fully saturated rings. The van der Waals surface area contributed by atoms with E-state index in [0.717, 1.165) is 0 Å². The highest BCUT2D eigenvalue weighted by molar-refractivity contribution is 7.99. The molecule has 1 aromatic carbocycles. The van der Waals surface area contributed by atoms with E-state index in [4.69, 9.17) is 0 Å². The Kier molecular flexibility index (Phi) is 4.23. The fourth-order valence-electron chi connectivity index (χ4n) is 2.05. The van der Waals surface area contributed by atoms with Gasteiger partial charge in [-0.1, -0.05) is 44.7 Å². The molecule has 2 heterocycles. The average Bonchev–Trinajstić information content (AvgIpc) is 3.05. The smallest absolute Gasteiger partial charge is 0.269 e. The molecule has 3 aromatic rings. The van der Waals surface area contributed by atoms with E-state index in [9.17, 15) is 9.59 Å². The average molecular weight is 343 g/mol. The van der Waals surface area contributed by atoms with Gasteiger partial charge in [-0.05, 0) is 12.1 Å². The summed E-state index contributed by atoms with van der Waals surface area (Å²) >= 11 is 1.22. The molecule has 0 aliphatic carbocycles. The Balaban J connectivity index is 2.10. The van der Waals surface area contributed by atoms with E-state index < -0.39 is 5.41 Å². The lowest BCUT2D eigenvalue weighted by molar-refractivity contribution is -0.123. The van der Waals surface area contributed by atoms with Gasteiger partial charge in [0.1, 0.15) is 12.1 Å². The van der Waals surface area contributed by atoms with Crippen molar-refractivity contribution in [1.29, 1.82) is 0 Å². The van der Waals surface area contributed by atoms with E-state index in [-0.39, 0.29) is 23.0 Å². The van der Waals surface area contributed by atoms with Gasteiger partial charge < -0.3 is 0 Å². The van der Waals surface area contributed by atoms with Gasteiger partial charge >= 0.3 is 0 Å². The number of carbonyl (C=O) groups is 1. The maximum atomic E-state index is 12.8. The Morgan fingerprint density at radius 2 is 2.04 bits per heavy atom. The van der Waals surface area contributed by atoms with Crippen LogP contribution in [-0.4, -0.2) is 36.3 Å². The number of nitrogens with one attached hydrogen (secondary N) is 1. The van der Waals surface area contributed by atoms with Crippen LogP contribution in [0.4, 0.5) is 0 Å². The molecule has 0 unspecified atom stereocenters. The molecular weight excluding hydrogens is 326 g/mol. The largest absolute Gasteiger partial charge is 0.298 e. The molecule has 24 heavy (non-hydrogen) atoms. The third-order valence-corrected chi connectivity index (χ3v) is 4.47. The summed E-state index contributed by atoms with van der Waals surface area (Å²) in [5.41, 5.74) is -0.103. The number of nitrogens with zero attached hydrogens (tertiary/aromatic N) is 4. The topological polar surface area (TPSA) is 93.5 Å². The van der Waals surface area contributed by atoms with Gasteiger partial charge in [0.05, 0.1) is 16.7 Å². The van der Waals surface area contributed by atoms with Gasteiger partial charge in [-0.3, -0.25) is 9.59 Å². The number of thioether (sulfide) groups is 1. The van der Waals surface area contributed by atoms with Gasteiger partial charge in [0.15, 0.2) is 5.16 Å². The van der Waals surface area contributed by atoms with Crippen molar-refractivity contribution in [3.8, 4) is 5.95 Å². The third kappa shape index (κ3) is 3.09. The van der Waals surface area contributed by atoms with Crippen LogP contribution >= 0.6 is 11.8 Å². The molecule has 0 bridgehead atoms. The first-order chi connectivity index (χ1) is 11.4.